The minimum Gasteiger partial charge on any atom is -0.494 e. The van der Waals surface area contributed by atoms with Gasteiger partial charge in [0, 0.05) is 5.56 Å². The second kappa shape index (κ2) is 3.87. The lowest BCUT2D eigenvalue weighted by molar-refractivity contribution is 0.101. The summed E-state index contributed by atoms with van der Waals surface area (Å²) in [7, 11) is 1.36. The molecular weight excluding hydrogens is 239 g/mol. The van der Waals surface area contributed by atoms with Crippen molar-refractivity contribution in [1.82, 2.24) is 0 Å². The molecule has 0 aliphatic carbocycles. The van der Waals surface area contributed by atoms with E-state index in [4.69, 9.17) is 4.74 Å². The van der Waals surface area contributed by atoms with Crippen molar-refractivity contribution in [3.63, 3.8) is 0 Å². The molecule has 0 aliphatic heterocycles. The van der Waals surface area contributed by atoms with Gasteiger partial charge in [-0.25, -0.2) is 4.39 Å². The lowest BCUT2D eigenvalue weighted by atomic mass is 10.1. The molecule has 1 aromatic carbocycles. The van der Waals surface area contributed by atoms with Crippen LogP contribution in [0.2, 0.25) is 0 Å². The SMILES string of the molecule is COc1cc(C(C)=O)cc(Br)c1F. The van der Waals surface area contributed by atoms with E-state index in [1.165, 1.54) is 26.2 Å². The minimum absolute atomic E-state index is 0.0691. The standard InChI is InChI=1S/C9H8BrFO2/c1-5(12)6-3-7(10)9(11)8(4-6)13-2/h3-4H,1-2H3. The van der Waals surface area contributed by atoms with E-state index >= 15 is 0 Å². The van der Waals surface area contributed by atoms with Gasteiger partial charge in [0.15, 0.2) is 17.3 Å². The Hall–Kier alpha value is -0.900. The monoisotopic (exact) mass is 246 g/mol. The van der Waals surface area contributed by atoms with Crippen molar-refractivity contribution in [1.29, 1.82) is 0 Å². The van der Waals surface area contributed by atoms with Crippen molar-refractivity contribution < 1.29 is 13.9 Å². The molecule has 0 amide bonds. The molecule has 2 nitrogen and oxygen atoms in total. The predicted octanol–water partition coefficient (Wildman–Crippen LogP) is 2.80. The highest BCUT2D eigenvalue weighted by Gasteiger charge is 2.11. The topological polar surface area (TPSA) is 26.3 Å². The summed E-state index contributed by atoms with van der Waals surface area (Å²) in [5.41, 5.74) is 0.421. The van der Waals surface area contributed by atoms with Gasteiger partial charge in [-0.05, 0) is 35.0 Å². The molecule has 0 atom stereocenters. The number of ether oxygens (including phenoxy) is 1. The fourth-order valence-corrected chi connectivity index (χ4v) is 1.36. The van der Waals surface area contributed by atoms with Gasteiger partial charge in [-0.3, -0.25) is 4.79 Å². The average Bonchev–Trinajstić information content (AvgIpc) is 2.09. The van der Waals surface area contributed by atoms with Gasteiger partial charge >= 0.3 is 0 Å². The molecule has 13 heavy (non-hydrogen) atoms. The maximum atomic E-state index is 13.2. The number of carbonyl (C=O) groups excluding carboxylic acids is 1. The van der Waals surface area contributed by atoms with Crippen LogP contribution in [0, 0.1) is 5.82 Å². The molecule has 1 aromatic rings. The van der Waals surface area contributed by atoms with Gasteiger partial charge in [-0.1, -0.05) is 0 Å². The normalized spacial score (nSPS) is 9.85. The number of methoxy groups -OCH3 is 1. The summed E-state index contributed by atoms with van der Waals surface area (Å²) in [4.78, 5) is 11.0. The van der Waals surface area contributed by atoms with Crippen molar-refractivity contribution in [3.8, 4) is 5.75 Å². The number of Topliss-reactive ketones (excluding diaryl/α,β-unsaturated/α-hetero) is 1. The van der Waals surface area contributed by atoms with Crippen molar-refractivity contribution in [3.05, 3.63) is 28.0 Å². The van der Waals surface area contributed by atoms with E-state index in [1.807, 2.05) is 0 Å². The zero-order valence-electron chi connectivity index (χ0n) is 7.23. The Bertz CT molecular complexity index is 350. The Morgan fingerprint density at radius 3 is 2.62 bits per heavy atom. The molecule has 1 rings (SSSR count). The Labute approximate surface area is 83.8 Å². The van der Waals surface area contributed by atoms with Gasteiger partial charge in [0.05, 0.1) is 11.6 Å². The fraction of sp³-hybridized carbons (Fsp3) is 0.222. The van der Waals surface area contributed by atoms with Crippen LogP contribution in [0.4, 0.5) is 4.39 Å². The molecular formula is C9H8BrFO2. The molecule has 0 heterocycles. The van der Waals surface area contributed by atoms with Crippen LogP contribution in [-0.2, 0) is 0 Å². The number of ketones is 1. The summed E-state index contributed by atoms with van der Waals surface area (Å²) in [6, 6.07) is 2.81. The molecule has 4 heteroatoms. The Kier molecular flexibility index (Phi) is 3.03. The first kappa shape index (κ1) is 10.2. The van der Waals surface area contributed by atoms with E-state index in [2.05, 4.69) is 15.9 Å². The average molecular weight is 247 g/mol. The summed E-state index contributed by atoms with van der Waals surface area (Å²) >= 11 is 3.00. The summed E-state index contributed by atoms with van der Waals surface area (Å²) < 4.78 is 18.2. The summed E-state index contributed by atoms with van der Waals surface area (Å²) in [6.07, 6.45) is 0. The molecule has 70 valence electrons. The van der Waals surface area contributed by atoms with Gasteiger partial charge < -0.3 is 4.74 Å². The number of hydrogen-bond acceptors (Lipinski definition) is 2. The number of hydrogen-bond donors (Lipinski definition) is 0. The van der Waals surface area contributed by atoms with Crippen LogP contribution in [0.3, 0.4) is 0 Å². The van der Waals surface area contributed by atoms with Gasteiger partial charge in [-0.15, -0.1) is 0 Å². The highest BCUT2D eigenvalue weighted by Crippen LogP contribution is 2.26. The van der Waals surface area contributed by atoms with Crippen LogP contribution in [0.5, 0.6) is 5.75 Å². The van der Waals surface area contributed by atoms with Crippen LogP contribution in [0.15, 0.2) is 16.6 Å². The van der Waals surface area contributed by atoms with Crippen molar-refractivity contribution >= 4 is 21.7 Å². The van der Waals surface area contributed by atoms with E-state index in [9.17, 15) is 9.18 Å². The molecule has 0 unspecified atom stereocenters. The summed E-state index contributed by atoms with van der Waals surface area (Å²) in [6.45, 7) is 1.42. The van der Waals surface area contributed by atoms with Crippen LogP contribution in [0.25, 0.3) is 0 Å². The molecule has 0 bridgehead atoms. The number of carbonyl (C=O) groups is 1. The minimum atomic E-state index is -0.493. The quantitative estimate of drug-likeness (QED) is 0.751. The summed E-state index contributed by atoms with van der Waals surface area (Å²) in [5, 5.41) is 0. The number of halogens is 2. The van der Waals surface area contributed by atoms with E-state index in [0.29, 0.717) is 5.56 Å². The summed E-state index contributed by atoms with van der Waals surface area (Å²) in [5.74, 6) is -0.550. The molecule has 0 saturated carbocycles. The largest absolute Gasteiger partial charge is 0.494 e. The van der Waals surface area contributed by atoms with E-state index < -0.39 is 5.82 Å². The lowest BCUT2D eigenvalue weighted by Crippen LogP contribution is -1.96. The molecule has 0 N–H and O–H groups in total. The molecule has 0 radical (unpaired) electrons. The Morgan fingerprint density at radius 2 is 2.15 bits per heavy atom. The van der Waals surface area contributed by atoms with Gasteiger partial charge in [-0.2, -0.15) is 0 Å². The lowest BCUT2D eigenvalue weighted by Gasteiger charge is -2.05. The highest BCUT2D eigenvalue weighted by atomic mass is 79.9. The third-order valence-electron chi connectivity index (χ3n) is 1.62. The molecule has 0 saturated heterocycles. The van der Waals surface area contributed by atoms with E-state index in [-0.39, 0.29) is 16.0 Å². The first-order valence-corrected chi connectivity index (χ1v) is 4.39. The molecule has 0 aromatic heterocycles. The Balaban J connectivity index is 3.30. The van der Waals surface area contributed by atoms with Crippen molar-refractivity contribution in [2.45, 2.75) is 6.92 Å². The second-order valence-corrected chi connectivity index (χ2v) is 3.38. The molecule has 0 spiro atoms. The zero-order chi connectivity index (χ0) is 10.0. The van der Waals surface area contributed by atoms with Gasteiger partial charge in [0.1, 0.15) is 0 Å². The third-order valence-corrected chi connectivity index (χ3v) is 2.20. The second-order valence-electron chi connectivity index (χ2n) is 2.53. The van der Waals surface area contributed by atoms with E-state index in [1.54, 1.807) is 0 Å². The smallest absolute Gasteiger partial charge is 0.179 e. The van der Waals surface area contributed by atoms with Crippen LogP contribution >= 0.6 is 15.9 Å². The van der Waals surface area contributed by atoms with Crippen molar-refractivity contribution in [2.75, 3.05) is 7.11 Å². The predicted molar refractivity (Wildman–Crippen MR) is 50.7 cm³/mol. The molecule has 0 aliphatic rings. The zero-order valence-corrected chi connectivity index (χ0v) is 8.81. The first-order valence-electron chi connectivity index (χ1n) is 3.60. The van der Waals surface area contributed by atoms with Gasteiger partial charge in [0.2, 0.25) is 0 Å². The first-order chi connectivity index (χ1) is 6.06. The van der Waals surface area contributed by atoms with Crippen LogP contribution < -0.4 is 4.74 Å². The van der Waals surface area contributed by atoms with E-state index in [0.717, 1.165) is 0 Å². The maximum absolute atomic E-state index is 13.2. The fourth-order valence-electron chi connectivity index (χ4n) is 0.916. The van der Waals surface area contributed by atoms with Crippen LogP contribution in [0.1, 0.15) is 17.3 Å². The van der Waals surface area contributed by atoms with Gasteiger partial charge in [0.25, 0.3) is 0 Å². The number of rotatable bonds is 2. The Morgan fingerprint density at radius 1 is 1.54 bits per heavy atom. The van der Waals surface area contributed by atoms with Crippen molar-refractivity contribution in [2.24, 2.45) is 0 Å². The van der Waals surface area contributed by atoms with Crippen LogP contribution in [-0.4, -0.2) is 12.9 Å². The molecule has 0 fully saturated rings. The maximum Gasteiger partial charge on any atom is 0.179 e. The number of benzene rings is 1. The highest BCUT2D eigenvalue weighted by molar-refractivity contribution is 9.10. The third kappa shape index (κ3) is 2.06.